The molecule has 0 fully saturated rings. The molecule has 1 atom stereocenters. The first-order valence-corrected chi connectivity index (χ1v) is 9.48. The summed E-state index contributed by atoms with van der Waals surface area (Å²) in [6, 6.07) is 9.79. The number of furan rings is 1. The number of amides is 2. The summed E-state index contributed by atoms with van der Waals surface area (Å²) in [6.07, 6.45) is 0. The predicted molar refractivity (Wildman–Crippen MR) is 106 cm³/mol. The Morgan fingerprint density at radius 2 is 2.11 bits per heavy atom. The molecule has 142 valence electrons. The molecule has 0 aliphatic carbocycles. The molecule has 2 amide bonds. The molecule has 1 aliphatic heterocycles. The Kier molecular flexibility index (Phi) is 6.04. The van der Waals surface area contributed by atoms with Crippen molar-refractivity contribution < 1.29 is 23.5 Å². The van der Waals surface area contributed by atoms with Crippen molar-refractivity contribution in [3.05, 3.63) is 62.8 Å². The number of aryl methyl sites for hydroxylation is 1. The number of nitrogens with one attached hydrogen (secondary N) is 2. The van der Waals surface area contributed by atoms with Crippen LogP contribution in [0.2, 0.25) is 0 Å². The smallest absolute Gasteiger partial charge is 0.338 e. The number of carbonyl (C=O) groups is 2. The highest BCUT2D eigenvalue weighted by Crippen LogP contribution is 2.29. The second-order valence-corrected chi connectivity index (χ2v) is 7.08. The van der Waals surface area contributed by atoms with Crippen LogP contribution in [0.15, 0.2) is 52.1 Å². The van der Waals surface area contributed by atoms with Gasteiger partial charge in [-0.25, -0.2) is 9.59 Å². The van der Waals surface area contributed by atoms with Crippen LogP contribution in [0.1, 0.15) is 24.5 Å². The van der Waals surface area contributed by atoms with Crippen molar-refractivity contribution in [1.29, 1.82) is 0 Å². The largest absolute Gasteiger partial charge is 0.487 e. The Hall–Kier alpha value is -2.49. The van der Waals surface area contributed by atoms with Gasteiger partial charge in [0, 0.05) is 3.57 Å². The molecular weight excluding hydrogens is 463 g/mol. The lowest BCUT2D eigenvalue weighted by Gasteiger charge is -2.27. The number of benzene rings is 1. The maximum Gasteiger partial charge on any atom is 0.338 e. The first kappa shape index (κ1) is 19.3. The van der Waals surface area contributed by atoms with Gasteiger partial charge in [-0.15, -0.1) is 0 Å². The van der Waals surface area contributed by atoms with E-state index in [1.165, 1.54) is 0 Å². The standard InChI is InChI=1S/C19H19IN2O5/c1-3-25-18(23)16-14(10-26-13-6-4-5-12(20)9-13)21-19(24)22-17(16)15-8-7-11(2)27-15/h4-9,17H,3,10H2,1-2H3,(H2,21,22,24). The number of urea groups is 1. The fraction of sp³-hybridized carbons (Fsp3) is 0.263. The third-order valence-electron chi connectivity index (χ3n) is 3.87. The van der Waals surface area contributed by atoms with Gasteiger partial charge in [-0.1, -0.05) is 6.07 Å². The lowest BCUT2D eigenvalue weighted by molar-refractivity contribution is -0.139. The van der Waals surface area contributed by atoms with E-state index < -0.39 is 18.0 Å². The van der Waals surface area contributed by atoms with Crippen LogP contribution in [-0.2, 0) is 9.53 Å². The first-order chi connectivity index (χ1) is 13.0. The molecule has 2 N–H and O–H groups in total. The maximum atomic E-state index is 12.6. The highest BCUT2D eigenvalue weighted by Gasteiger charge is 2.35. The number of rotatable bonds is 6. The van der Waals surface area contributed by atoms with E-state index in [0.29, 0.717) is 23.0 Å². The van der Waals surface area contributed by atoms with E-state index in [1.54, 1.807) is 26.0 Å². The van der Waals surface area contributed by atoms with Crippen molar-refractivity contribution in [3.8, 4) is 5.75 Å². The van der Waals surface area contributed by atoms with Gasteiger partial charge >= 0.3 is 12.0 Å². The summed E-state index contributed by atoms with van der Waals surface area (Å²) in [5, 5.41) is 5.37. The minimum atomic E-state index is -0.749. The Morgan fingerprint density at radius 1 is 1.30 bits per heavy atom. The summed E-state index contributed by atoms with van der Waals surface area (Å²) in [5.41, 5.74) is 0.603. The summed E-state index contributed by atoms with van der Waals surface area (Å²) in [4.78, 5) is 24.7. The third-order valence-corrected chi connectivity index (χ3v) is 4.54. The minimum absolute atomic E-state index is 0.0118. The van der Waals surface area contributed by atoms with Gasteiger partial charge < -0.3 is 24.5 Å². The molecule has 8 heteroatoms. The van der Waals surface area contributed by atoms with E-state index >= 15 is 0 Å². The van der Waals surface area contributed by atoms with Crippen LogP contribution in [0, 0.1) is 10.5 Å². The molecule has 1 aliphatic rings. The van der Waals surface area contributed by atoms with Gasteiger partial charge in [0.15, 0.2) is 0 Å². The summed E-state index contributed by atoms with van der Waals surface area (Å²) in [5.74, 6) is 1.23. The molecule has 0 saturated carbocycles. The van der Waals surface area contributed by atoms with Crippen LogP contribution in [0.5, 0.6) is 5.75 Å². The van der Waals surface area contributed by atoms with Gasteiger partial charge in [0.2, 0.25) is 0 Å². The fourth-order valence-electron chi connectivity index (χ4n) is 2.72. The molecule has 1 aromatic heterocycles. The zero-order valence-corrected chi connectivity index (χ0v) is 17.0. The van der Waals surface area contributed by atoms with Crippen LogP contribution < -0.4 is 15.4 Å². The van der Waals surface area contributed by atoms with Gasteiger partial charge in [-0.3, -0.25) is 0 Å². The predicted octanol–water partition coefficient (Wildman–Crippen LogP) is 3.44. The van der Waals surface area contributed by atoms with Crippen molar-refractivity contribution in [1.82, 2.24) is 10.6 Å². The van der Waals surface area contributed by atoms with Crippen LogP contribution >= 0.6 is 22.6 Å². The monoisotopic (exact) mass is 482 g/mol. The van der Waals surface area contributed by atoms with Crippen LogP contribution in [0.4, 0.5) is 4.79 Å². The van der Waals surface area contributed by atoms with E-state index in [0.717, 1.165) is 3.57 Å². The number of carbonyl (C=O) groups excluding carboxylic acids is 2. The second kappa shape index (κ2) is 8.47. The van der Waals surface area contributed by atoms with Crippen molar-refractivity contribution in [2.75, 3.05) is 13.2 Å². The van der Waals surface area contributed by atoms with Gasteiger partial charge in [-0.05, 0) is 66.8 Å². The van der Waals surface area contributed by atoms with Gasteiger partial charge in [0.25, 0.3) is 0 Å². The maximum absolute atomic E-state index is 12.6. The van der Waals surface area contributed by atoms with Crippen LogP contribution in [0.25, 0.3) is 0 Å². The number of ether oxygens (including phenoxy) is 2. The minimum Gasteiger partial charge on any atom is -0.487 e. The zero-order valence-electron chi connectivity index (χ0n) is 14.9. The van der Waals surface area contributed by atoms with Crippen molar-refractivity contribution in [3.63, 3.8) is 0 Å². The highest BCUT2D eigenvalue weighted by molar-refractivity contribution is 14.1. The summed E-state index contributed by atoms with van der Waals surface area (Å²) >= 11 is 2.18. The number of halogens is 1. The Labute approximate surface area is 170 Å². The van der Waals surface area contributed by atoms with E-state index in [1.807, 2.05) is 24.3 Å². The molecule has 3 rings (SSSR count). The van der Waals surface area contributed by atoms with E-state index in [4.69, 9.17) is 13.9 Å². The number of hydrogen-bond donors (Lipinski definition) is 2. The van der Waals surface area contributed by atoms with Crippen LogP contribution in [0.3, 0.4) is 0 Å². The van der Waals surface area contributed by atoms with Gasteiger partial charge in [0.05, 0.1) is 17.9 Å². The summed E-state index contributed by atoms with van der Waals surface area (Å²) in [7, 11) is 0. The zero-order chi connectivity index (χ0) is 19.4. The topological polar surface area (TPSA) is 89.8 Å². The highest BCUT2D eigenvalue weighted by atomic mass is 127. The van der Waals surface area contributed by atoms with Gasteiger partial charge in [0.1, 0.15) is 29.9 Å². The average molecular weight is 482 g/mol. The van der Waals surface area contributed by atoms with Crippen molar-refractivity contribution in [2.45, 2.75) is 19.9 Å². The number of hydrogen-bond acceptors (Lipinski definition) is 5. The number of esters is 1. The van der Waals surface area contributed by atoms with Crippen LogP contribution in [-0.4, -0.2) is 25.2 Å². The fourth-order valence-corrected chi connectivity index (χ4v) is 3.23. The molecule has 27 heavy (non-hydrogen) atoms. The molecule has 1 unspecified atom stereocenters. The second-order valence-electron chi connectivity index (χ2n) is 5.84. The normalized spacial score (nSPS) is 16.6. The van der Waals surface area contributed by atoms with Crippen molar-refractivity contribution >= 4 is 34.6 Å². The third kappa shape index (κ3) is 4.62. The first-order valence-electron chi connectivity index (χ1n) is 8.40. The quantitative estimate of drug-likeness (QED) is 0.487. The molecule has 0 saturated heterocycles. The Morgan fingerprint density at radius 3 is 2.78 bits per heavy atom. The molecule has 0 bridgehead atoms. The SMILES string of the molecule is CCOC(=O)C1=C(COc2cccc(I)c2)NC(=O)NC1c1ccc(C)o1. The molecule has 0 radical (unpaired) electrons. The van der Waals surface area contributed by atoms with E-state index in [-0.39, 0.29) is 18.8 Å². The van der Waals surface area contributed by atoms with E-state index in [9.17, 15) is 9.59 Å². The van der Waals surface area contributed by atoms with Gasteiger partial charge in [-0.2, -0.15) is 0 Å². The molecular formula is C19H19IN2O5. The average Bonchev–Trinajstić information content (AvgIpc) is 3.06. The molecule has 0 spiro atoms. The molecule has 2 heterocycles. The lowest BCUT2D eigenvalue weighted by atomic mass is 10.0. The summed E-state index contributed by atoms with van der Waals surface area (Å²) < 4.78 is 17.6. The summed E-state index contributed by atoms with van der Waals surface area (Å²) in [6.45, 7) is 3.74. The van der Waals surface area contributed by atoms with E-state index in [2.05, 4.69) is 33.2 Å². The van der Waals surface area contributed by atoms with Crippen molar-refractivity contribution in [2.24, 2.45) is 0 Å². The lowest BCUT2D eigenvalue weighted by Crippen LogP contribution is -2.47. The molecule has 1 aromatic carbocycles. The Bertz CT molecular complexity index is 890. The molecule has 7 nitrogen and oxygen atoms in total. The Balaban J connectivity index is 1.95. The molecule has 2 aromatic rings.